The molecule has 1 aliphatic rings. The molecule has 1 atom stereocenters. The molecule has 2 N–H and O–H groups in total. The minimum atomic E-state index is -0.775. The second-order valence-electron chi connectivity index (χ2n) is 6.31. The monoisotopic (exact) mass is 275 g/mol. The minimum Gasteiger partial charge on any atom is -0.389 e. The van der Waals surface area contributed by atoms with Gasteiger partial charge in [0.2, 0.25) is 5.91 Å². The van der Waals surface area contributed by atoms with E-state index in [-0.39, 0.29) is 18.4 Å². The predicted octanol–water partition coefficient (Wildman–Crippen LogP) is 3.20. The molecule has 0 radical (unpaired) electrons. The van der Waals surface area contributed by atoms with Crippen molar-refractivity contribution < 1.29 is 9.90 Å². The summed E-state index contributed by atoms with van der Waals surface area (Å²) in [5.41, 5.74) is 0.344. The molecular formula is C17H25NO2. The number of hydrogen-bond donors (Lipinski definition) is 2. The van der Waals surface area contributed by atoms with Crippen LogP contribution in [0, 0.1) is 5.92 Å². The predicted molar refractivity (Wildman–Crippen MR) is 80.2 cm³/mol. The van der Waals surface area contributed by atoms with Crippen molar-refractivity contribution in [3.05, 3.63) is 35.9 Å². The van der Waals surface area contributed by atoms with Crippen molar-refractivity contribution in [3.8, 4) is 0 Å². The molecule has 110 valence electrons. The molecule has 1 aliphatic carbocycles. The second kappa shape index (κ2) is 6.40. The highest BCUT2D eigenvalue weighted by atomic mass is 16.3. The number of amides is 1. The summed E-state index contributed by atoms with van der Waals surface area (Å²) in [6.45, 7) is 4.20. The van der Waals surface area contributed by atoms with Crippen LogP contribution in [0.15, 0.2) is 30.3 Å². The summed E-state index contributed by atoms with van der Waals surface area (Å²) >= 11 is 0. The lowest BCUT2D eigenvalue weighted by atomic mass is 9.94. The van der Waals surface area contributed by atoms with Gasteiger partial charge in [-0.3, -0.25) is 4.79 Å². The fourth-order valence-electron chi connectivity index (χ4n) is 3.03. The fourth-order valence-corrected chi connectivity index (χ4v) is 3.03. The van der Waals surface area contributed by atoms with Gasteiger partial charge in [-0.25, -0.2) is 0 Å². The molecule has 0 heterocycles. The van der Waals surface area contributed by atoms with Crippen molar-refractivity contribution in [2.24, 2.45) is 5.92 Å². The molecule has 1 aromatic carbocycles. The van der Waals surface area contributed by atoms with Crippen LogP contribution in [0.25, 0.3) is 0 Å². The van der Waals surface area contributed by atoms with Crippen LogP contribution in [0.5, 0.6) is 0 Å². The van der Waals surface area contributed by atoms with E-state index in [9.17, 15) is 9.90 Å². The highest BCUT2D eigenvalue weighted by Gasteiger charge is 2.34. The lowest BCUT2D eigenvalue weighted by molar-refractivity contribution is -0.127. The summed E-state index contributed by atoms with van der Waals surface area (Å²) in [4.78, 5) is 12.2. The Balaban J connectivity index is 2.00. The van der Waals surface area contributed by atoms with Crippen molar-refractivity contribution in [2.45, 2.75) is 57.6 Å². The van der Waals surface area contributed by atoms with Crippen molar-refractivity contribution in [1.82, 2.24) is 5.32 Å². The summed E-state index contributed by atoms with van der Waals surface area (Å²) in [7, 11) is 0. The van der Waals surface area contributed by atoms with Crippen molar-refractivity contribution in [2.75, 3.05) is 0 Å². The maximum absolute atomic E-state index is 12.2. The van der Waals surface area contributed by atoms with E-state index >= 15 is 0 Å². The molecule has 1 amide bonds. The number of aliphatic hydroxyl groups is 1. The van der Waals surface area contributed by atoms with E-state index in [2.05, 4.69) is 19.2 Å². The minimum absolute atomic E-state index is 0.00806. The van der Waals surface area contributed by atoms with Gasteiger partial charge in [-0.15, -0.1) is 0 Å². The Morgan fingerprint density at radius 1 is 1.25 bits per heavy atom. The van der Waals surface area contributed by atoms with Crippen molar-refractivity contribution in [3.63, 3.8) is 0 Å². The van der Waals surface area contributed by atoms with E-state index in [0.29, 0.717) is 5.92 Å². The molecule has 1 unspecified atom stereocenters. The third-order valence-electron chi connectivity index (χ3n) is 4.17. The lowest BCUT2D eigenvalue weighted by Gasteiger charge is -2.26. The van der Waals surface area contributed by atoms with Gasteiger partial charge in [0.05, 0.1) is 18.1 Å². The van der Waals surface area contributed by atoms with Crippen molar-refractivity contribution >= 4 is 5.91 Å². The first-order chi connectivity index (χ1) is 9.50. The van der Waals surface area contributed by atoms with E-state index in [1.165, 1.54) is 0 Å². The molecule has 0 aromatic heterocycles. The Morgan fingerprint density at radius 2 is 1.85 bits per heavy atom. The first kappa shape index (κ1) is 15.0. The van der Waals surface area contributed by atoms with E-state index in [1.54, 1.807) is 0 Å². The molecule has 0 aliphatic heterocycles. The molecule has 1 fully saturated rings. The summed E-state index contributed by atoms with van der Waals surface area (Å²) < 4.78 is 0. The number of carbonyl (C=O) groups is 1. The molecule has 1 saturated carbocycles. The second-order valence-corrected chi connectivity index (χ2v) is 6.31. The van der Waals surface area contributed by atoms with Gasteiger partial charge in [-0.2, -0.15) is 0 Å². The summed E-state index contributed by atoms with van der Waals surface area (Å²) in [5.74, 6) is 0.275. The van der Waals surface area contributed by atoms with Gasteiger partial charge in [0.1, 0.15) is 0 Å². The molecular weight excluding hydrogens is 250 g/mol. The van der Waals surface area contributed by atoms with E-state index in [1.807, 2.05) is 30.3 Å². The molecule has 2 rings (SSSR count). The Morgan fingerprint density at radius 3 is 2.40 bits per heavy atom. The zero-order valence-electron chi connectivity index (χ0n) is 12.4. The van der Waals surface area contributed by atoms with Gasteiger partial charge in [-0.1, -0.05) is 57.0 Å². The Kier molecular flexibility index (Phi) is 4.81. The van der Waals surface area contributed by atoms with Crippen LogP contribution < -0.4 is 5.32 Å². The van der Waals surface area contributed by atoms with Crippen LogP contribution in [-0.2, 0) is 4.79 Å². The first-order valence-electron chi connectivity index (χ1n) is 7.57. The molecule has 0 saturated heterocycles. The Bertz CT molecular complexity index is 436. The number of hydrogen-bond acceptors (Lipinski definition) is 2. The molecule has 1 aromatic rings. The zero-order valence-corrected chi connectivity index (χ0v) is 12.4. The average Bonchev–Trinajstić information content (AvgIpc) is 2.83. The average molecular weight is 275 g/mol. The van der Waals surface area contributed by atoms with Crippen LogP contribution in [-0.4, -0.2) is 16.6 Å². The fraction of sp³-hybridized carbons (Fsp3) is 0.588. The smallest absolute Gasteiger partial charge is 0.223 e. The van der Waals surface area contributed by atoms with Crippen LogP contribution in [0.4, 0.5) is 0 Å². The molecule has 0 spiro atoms. The van der Waals surface area contributed by atoms with Gasteiger partial charge >= 0.3 is 0 Å². The first-order valence-corrected chi connectivity index (χ1v) is 7.57. The van der Waals surface area contributed by atoms with Crippen LogP contribution in [0.1, 0.15) is 57.6 Å². The summed E-state index contributed by atoms with van der Waals surface area (Å²) in [5, 5.41) is 13.4. The summed E-state index contributed by atoms with van der Waals surface area (Å²) in [6, 6.07) is 10.0. The SMILES string of the molecule is CC(C)C(NC(=O)CC1(O)CCCC1)c1ccccc1. The van der Waals surface area contributed by atoms with E-state index in [4.69, 9.17) is 0 Å². The van der Waals surface area contributed by atoms with Gasteiger partial charge < -0.3 is 10.4 Å². The number of nitrogens with one attached hydrogen (secondary N) is 1. The quantitative estimate of drug-likeness (QED) is 0.867. The maximum atomic E-state index is 12.2. The lowest BCUT2D eigenvalue weighted by Crippen LogP contribution is -2.38. The Hall–Kier alpha value is -1.35. The number of carbonyl (C=O) groups excluding carboxylic acids is 1. The van der Waals surface area contributed by atoms with Crippen LogP contribution >= 0.6 is 0 Å². The van der Waals surface area contributed by atoms with E-state index in [0.717, 1.165) is 31.2 Å². The van der Waals surface area contributed by atoms with Crippen LogP contribution in [0.3, 0.4) is 0 Å². The molecule has 3 heteroatoms. The van der Waals surface area contributed by atoms with Gasteiger partial charge in [-0.05, 0) is 24.3 Å². The zero-order chi connectivity index (χ0) is 14.6. The molecule has 0 bridgehead atoms. The third kappa shape index (κ3) is 3.83. The van der Waals surface area contributed by atoms with Crippen LogP contribution in [0.2, 0.25) is 0 Å². The highest BCUT2D eigenvalue weighted by Crippen LogP contribution is 2.32. The van der Waals surface area contributed by atoms with Gasteiger partial charge in [0.25, 0.3) is 0 Å². The largest absolute Gasteiger partial charge is 0.389 e. The maximum Gasteiger partial charge on any atom is 0.223 e. The normalized spacial score (nSPS) is 19.0. The molecule has 3 nitrogen and oxygen atoms in total. The Labute approximate surface area is 121 Å². The topological polar surface area (TPSA) is 49.3 Å². The number of benzene rings is 1. The third-order valence-corrected chi connectivity index (χ3v) is 4.17. The standard InChI is InChI=1S/C17H25NO2/c1-13(2)16(14-8-4-3-5-9-14)18-15(19)12-17(20)10-6-7-11-17/h3-5,8-9,13,16,20H,6-7,10-12H2,1-2H3,(H,18,19). The number of rotatable bonds is 5. The van der Waals surface area contributed by atoms with E-state index < -0.39 is 5.60 Å². The van der Waals surface area contributed by atoms with Gasteiger partial charge in [0, 0.05) is 0 Å². The van der Waals surface area contributed by atoms with Gasteiger partial charge in [0.15, 0.2) is 0 Å². The van der Waals surface area contributed by atoms with Crippen molar-refractivity contribution in [1.29, 1.82) is 0 Å². The molecule has 20 heavy (non-hydrogen) atoms. The summed E-state index contributed by atoms with van der Waals surface area (Å²) in [6.07, 6.45) is 3.77. The highest BCUT2D eigenvalue weighted by molar-refractivity contribution is 5.77.